The van der Waals surface area contributed by atoms with Crippen molar-refractivity contribution in [2.45, 2.75) is 26.4 Å². The van der Waals surface area contributed by atoms with Gasteiger partial charge in [-0.1, -0.05) is 35.9 Å². The molecule has 164 valence electrons. The molecular weight excluding hydrogens is 428 g/mol. The maximum absolute atomic E-state index is 13.2. The third-order valence-electron chi connectivity index (χ3n) is 4.84. The molecule has 0 saturated heterocycles. The smallest absolute Gasteiger partial charge is 0.419 e. The summed E-state index contributed by atoms with van der Waals surface area (Å²) in [5, 5.41) is 8.21. The molecule has 1 amide bonds. The van der Waals surface area contributed by atoms with Crippen molar-refractivity contribution in [1.82, 2.24) is 14.3 Å². The largest absolute Gasteiger partial charge is 0.443 e. The van der Waals surface area contributed by atoms with Crippen LogP contribution in [0.2, 0.25) is 5.02 Å². The summed E-state index contributed by atoms with van der Waals surface area (Å²) >= 11 is 6.44. The summed E-state index contributed by atoms with van der Waals surface area (Å²) in [6.07, 6.45) is 1.03. The van der Waals surface area contributed by atoms with Crippen LogP contribution in [0.1, 0.15) is 31.3 Å². The summed E-state index contributed by atoms with van der Waals surface area (Å²) in [7, 11) is 1.70. The van der Waals surface area contributed by atoms with Gasteiger partial charge in [0.2, 0.25) is 0 Å². The Morgan fingerprint density at radius 2 is 1.81 bits per heavy atom. The predicted octanol–water partition coefficient (Wildman–Crippen LogP) is 5.73. The van der Waals surface area contributed by atoms with Gasteiger partial charge < -0.3 is 10.1 Å². The molecule has 0 bridgehead atoms. The van der Waals surface area contributed by atoms with Crippen LogP contribution < -0.4 is 5.32 Å². The van der Waals surface area contributed by atoms with Crippen LogP contribution >= 0.6 is 11.6 Å². The minimum absolute atomic E-state index is 0.300. The Kier molecular flexibility index (Phi) is 5.52. The number of hydrogen-bond donors (Lipinski definition) is 1. The van der Waals surface area contributed by atoms with E-state index in [-0.39, 0.29) is 5.91 Å². The number of benzene rings is 2. The van der Waals surface area contributed by atoms with Gasteiger partial charge in [-0.3, -0.25) is 9.48 Å². The van der Waals surface area contributed by atoms with Crippen molar-refractivity contribution in [3.63, 3.8) is 0 Å². The highest BCUT2D eigenvalue weighted by atomic mass is 35.5. The van der Waals surface area contributed by atoms with Crippen LogP contribution in [0.4, 0.5) is 10.5 Å². The number of amides is 1. The molecule has 7 nitrogen and oxygen atoms in total. The zero-order valence-corrected chi connectivity index (χ0v) is 19.0. The van der Waals surface area contributed by atoms with Crippen LogP contribution in [0.5, 0.6) is 0 Å². The quantitative estimate of drug-likeness (QED) is 0.432. The summed E-state index contributed by atoms with van der Waals surface area (Å²) in [5.74, 6) is -0.300. The molecule has 0 unspecified atom stereocenters. The van der Waals surface area contributed by atoms with Crippen LogP contribution in [-0.2, 0) is 11.8 Å². The topological polar surface area (TPSA) is 78.2 Å². The second-order valence-corrected chi connectivity index (χ2v) is 8.80. The molecule has 8 heteroatoms. The number of carbonyl (C=O) groups excluding carboxylic acids is 2. The average Bonchev–Trinajstić information content (AvgIpc) is 3.30. The van der Waals surface area contributed by atoms with Gasteiger partial charge in [-0.15, -0.1) is 0 Å². The lowest BCUT2D eigenvalue weighted by atomic mass is 10.1. The van der Waals surface area contributed by atoms with Gasteiger partial charge in [0.25, 0.3) is 5.91 Å². The first-order chi connectivity index (χ1) is 15.1. The second-order valence-electron chi connectivity index (χ2n) is 8.39. The highest BCUT2D eigenvalue weighted by Crippen LogP contribution is 2.34. The Hall–Kier alpha value is -3.58. The van der Waals surface area contributed by atoms with Gasteiger partial charge in [0.05, 0.1) is 11.2 Å². The third kappa shape index (κ3) is 4.24. The normalized spacial score (nSPS) is 11.5. The number of aryl methyl sites for hydroxylation is 1. The number of fused-ring (bicyclic) bond motifs is 1. The number of aromatic nitrogens is 3. The molecule has 0 spiro atoms. The number of halogens is 1. The molecule has 32 heavy (non-hydrogen) atoms. The number of rotatable bonds is 3. The third-order valence-corrected chi connectivity index (χ3v) is 5.17. The summed E-state index contributed by atoms with van der Waals surface area (Å²) in [6, 6.07) is 16.2. The zero-order chi connectivity index (χ0) is 23.0. The van der Waals surface area contributed by atoms with Crippen molar-refractivity contribution >= 4 is 40.2 Å². The van der Waals surface area contributed by atoms with Crippen LogP contribution in [0, 0.1) is 0 Å². The molecule has 4 aromatic rings. The SMILES string of the molecule is Cn1nccc1C(=O)Nc1ccc2cc(-c3ccccc3Cl)n(C(=O)OC(C)(C)C)c2c1. The van der Waals surface area contributed by atoms with E-state index < -0.39 is 11.7 Å². The van der Waals surface area contributed by atoms with E-state index in [2.05, 4.69) is 10.4 Å². The molecule has 0 aliphatic rings. The lowest BCUT2D eigenvalue weighted by Crippen LogP contribution is -2.27. The first-order valence-corrected chi connectivity index (χ1v) is 10.4. The molecule has 2 aromatic carbocycles. The van der Waals surface area contributed by atoms with Crippen molar-refractivity contribution in [2.24, 2.45) is 7.05 Å². The molecule has 0 aliphatic carbocycles. The molecule has 2 aromatic heterocycles. The minimum Gasteiger partial charge on any atom is -0.443 e. The van der Waals surface area contributed by atoms with E-state index in [4.69, 9.17) is 16.3 Å². The molecule has 4 rings (SSSR count). The van der Waals surface area contributed by atoms with Gasteiger partial charge in [-0.05, 0) is 51.1 Å². The van der Waals surface area contributed by atoms with E-state index in [0.717, 1.165) is 5.39 Å². The summed E-state index contributed by atoms with van der Waals surface area (Å²) < 4.78 is 8.65. The van der Waals surface area contributed by atoms with Gasteiger partial charge in [0, 0.05) is 34.9 Å². The predicted molar refractivity (Wildman–Crippen MR) is 125 cm³/mol. The van der Waals surface area contributed by atoms with Crippen LogP contribution in [-0.4, -0.2) is 31.9 Å². The molecule has 0 atom stereocenters. The van der Waals surface area contributed by atoms with Crippen LogP contribution in [0.25, 0.3) is 22.2 Å². The first kappa shape index (κ1) is 21.6. The average molecular weight is 451 g/mol. The van der Waals surface area contributed by atoms with E-state index in [1.165, 1.54) is 9.25 Å². The number of ether oxygens (including phenoxy) is 1. The fourth-order valence-corrected chi connectivity index (χ4v) is 3.67. The lowest BCUT2D eigenvalue weighted by Gasteiger charge is -2.21. The standard InChI is InChI=1S/C24H23ClN4O3/c1-24(2,3)32-23(31)29-20-14-16(27-22(30)19-11-12-26-28(19)4)10-9-15(20)13-21(29)17-7-5-6-8-18(17)25/h5-14H,1-4H3,(H,27,30). The Bertz CT molecular complexity index is 1330. The first-order valence-electron chi connectivity index (χ1n) is 10.1. The Labute approximate surface area is 190 Å². The molecular formula is C24H23ClN4O3. The second kappa shape index (κ2) is 8.16. The van der Waals surface area contributed by atoms with Gasteiger partial charge in [-0.2, -0.15) is 5.10 Å². The minimum atomic E-state index is -0.684. The number of nitrogens with zero attached hydrogens (tertiary/aromatic N) is 3. The maximum atomic E-state index is 13.2. The van der Waals surface area contributed by atoms with E-state index in [1.54, 1.807) is 37.5 Å². The number of hydrogen-bond acceptors (Lipinski definition) is 4. The number of anilines is 1. The van der Waals surface area contributed by atoms with Gasteiger partial charge >= 0.3 is 6.09 Å². The van der Waals surface area contributed by atoms with Crippen LogP contribution in [0.3, 0.4) is 0 Å². The Balaban J connectivity index is 1.83. The van der Waals surface area contributed by atoms with Gasteiger partial charge in [0.1, 0.15) is 11.3 Å². The number of carbonyl (C=O) groups is 2. The number of nitrogens with one attached hydrogen (secondary N) is 1. The fourth-order valence-electron chi connectivity index (χ4n) is 3.44. The summed E-state index contributed by atoms with van der Waals surface area (Å²) in [5.41, 5.74) is 2.18. The van der Waals surface area contributed by atoms with E-state index in [1.807, 2.05) is 51.1 Å². The highest BCUT2D eigenvalue weighted by molar-refractivity contribution is 6.33. The zero-order valence-electron chi connectivity index (χ0n) is 18.2. The van der Waals surface area contributed by atoms with E-state index in [9.17, 15) is 9.59 Å². The molecule has 0 fully saturated rings. The molecule has 2 heterocycles. The van der Waals surface area contributed by atoms with Crippen molar-refractivity contribution in [1.29, 1.82) is 0 Å². The molecule has 0 aliphatic heterocycles. The van der Waals surface area contributed by atoms with Crippen LogP contribution in [0.15, 0.2) is 60.8 Å². The molecule has 0 radical (unpaired) electrons. The van der Waals surface area contributed by atoms with E-state index >= 15 is 0 Å². The summed E-state index contributed by atoms with van der Waals surface area (Å²) in [4.78, 5) is 25.8. The van der Waals surface area contributed by atoms with Crippen molar-refractivity contribution in [2.75, 3.05) is 5.32 Å². The monoisotopic (exact) mass is 450 g/mol. The van der Waals surface area contributed by atoms with Gasteiger partial charge in [-0.25, -0.2) is 9.36 Å². The Morgan fingerprint density at radius 1 is 1.06 bits per heavy atom. The van der Waals surface area contributed by atoms with Crippen molar-refractivity contribution < 1.29 is 14.3 Å². The van der Waals surface area contributed by atoms with Crippen molar-refractivity contribution in [3.8, 4) is 11.3 Å². The molecule has 0 saturated carbocycles. The lowest BCUT2D eigenvalue weighted by molar-refractivity contribution is 0.0547. The van der Waals surface area contributed by atoms with E-state index in [0.29, 0.717) is 33.2 Å². The highest BCUT2D eigenvalue weighted by Gasteiger charge is 2.24. The summed E-state index contributed by atoms with van der Waals surface area (Å²) in [6.45, 7) is 5.43. The van der Waals surface area contributed by atoms with Gasteiger partial charge in [0.15, 0.2) is 0 Å². The molecule has 1 N–H and O–H groups in total. The maximum Gasteiger partial charge on any atom is 0.419 e. The fraction of sp³-hybridized carbons (Fsp3) is 0.208. The Morgan fingerprint density at radius 3 is 2.47 bits per heavy atom. The van der Waals surface area contributed by atoms with Crippen molar-refractivity contribution in [3.05, 3.63) is 71.5 Å².